The molecule has 1 aliphatic carbocycles. The van der Waals surface area contributed by atoms with Gasteiger partial charge in [0.15, 0.2) is 0 Å². The van der Waals surface area contributed by atoms with Crippen LogP contribution in [-0.2, 0) is 13.0 Å². The fourth-order valence-corrected chi connectivity index (χ4v) is 3.65. The third kappa shape index (κ3) is 2.94. The van der Waals surface area contributed by atoms with Crippen LogP contribution in [-0.4, -0.2) is 24.5 Å². The van der Waals surface area contributed by atoms with E-state index in [2.05, 4.69) is 35.5 Å². The van der Waals surface area contributed by atoms with Crippen LogP contribution in [0.25, 0.3) is 0 Å². The summed E-state index contributed by atoms with van der Waals surface area (Å²) in [5.41, 5.74) is 4.48. The molecule has 0 atom stereocenters. The first kappa shape index (κ1) is 13.0. The number of anilines is 1. The molecular formula is C17H26N2. The highest BCUT2D eigenvalue weighted by molar-refractivity contribution is 5.56. The third-order valence-corrected chi connectivity index (χ3v) is 4.81. The number of benzene rings is 1. The smallest absolute Gasteiger partial charge is 0.0375 e. The number of fused-ring (bicyclic) bond motifs is 1. The van der Waals surface area contributed by atoms with E-state index in [0.29, 0.717) is 0 Å². The summed E-state index contributed by atoms with van der Waals surface area (Å²) in [6.07, 6.45) is 9.59. The van der Waals surface area contributed by atoms with Crippen molar-refractivity contribution in [2.45, 2.75) is 57.5 Å². The molecule has 2 nitrogen and oxygen atoms in total. The molecule has 0 saturated heterocycles. The second-order valence-corrected chi connectivity index (χ2v) is 6.18. The van der Waals surface area contributed by atoms with Gasteiger partial charge in [-0.25, -0.2) is 0 Å². The molecule has 1 N–H and O–H groups in total. The highest BCUT2D eigenvalue weighted by Crippen LogP contribution is 2.28. The number of nitrogens with one attached hydrogen (secondary N) is 1. The van der Waals surface area contributed by atoms with Gasteiger partial charge in [-0.2, -0.15) is 0 Å². The summed E-state index contributed by atoms with van der Waals surface area (Å²) in [5, 5.41) is 3.54. The second kappa shape index (κ2) is 5.96. The lowest BCUT2D eigenvalue weighted by atomic mass is 9.93. The fourth-order valence-electron chi connectivity index (χ4n) is 3.65. The topological polar surface area (TPSA) is 15.3 Å². The van der Waals surface area contributed by atoms with Gasteiger partial charge in [0, 0.05) is 24.8 Å². The van der Waals surface area contributed by atoms with Gasteiger partial charge in [0.1, 0.15) is 0 Å². The van der Waals surface area contributed by atoms with Crippen LogP contribution in [0.4, 0.5) is 5.69 Å². The van der Waals surface area contributed by atoms with Crippen LogP contribution in [0, 0.1) is 0 Å². The lowest BCUT2D eigenvalue weighted by molar-refractivity contribution is 0.184. The van der Waals surface area contributed by atoms with E-state index in [0.717, 1.165) is 19.1 Å². The van der Waals surface area contributed by atoms with Gasteiger partial charge in [0.25, 0.3) is 0 Å². The molecule has 2 heteroatoms. The van der Waals surface area contributed by atoms with Crippen molar-refractivity contribution in [2.75, 3.05) is 18.9 Å². The van der Waals surface area contributed by atoms with E-state index in [1.807, 2.05) is 0 Å². The van der Waals surface area contributed by atoms with Gasteiger partial charge in [-0.05, 0) is 49.9 Å². The van der Waals surface area contributed by atoms with E-state index in [1.165, 1.54) is 56.2 Å². The lowest BCUT2D eigenvalue weighted by Gasteiger charge is -2.32. The van der Waals surface area contributed by atoms with Gasteiger partial charge >= 0.3 is 0 Å². The van der Waals surface area contributed by atoms with Crippen LogP contribution < -0.4 is 5.32 Å². The SMILES string of the molecule is CN(Cc1cccc2c1CCCN2)C1CCCCC1. The van der Waals surface area contributed by atoms with E-state index in [1.54, 1.807) is 5.56 Å². The molecule has 1 heterocycles. The van der Waals surface area contributed by atoms with E-state index in [9.17, 15) is 0 Å². The number of hydrogen-bond acceptors (Lipinski definition) is 2. The maximum Gasteiger partial charge on any atom is 0.0375 e. The van der Waals surface area contributed by atoms with Gasteiger partial charge < -0.3 is 5.32 Å². The quantitative estimate of drug-likeness (QED) is 0.887. The van der Waals surface area contributed by atoms with E-state index >= 15 is 0 Å². The van der Waals surface area contributed by atoms with Crippen molar-refractivity contribution in [3.8, 4) is 0 Å². The average molecular weight is 258 g/mol. The minimum absolute atomic E-state index is 0.807. The summed E-state index contributed by atoms with van der Waals surface area (Å²) >= 11 is 0. The Bertz CT molecular complexity index is 421. The lowest BCUT2D eigenvalue weighted by Crippen LogP contribution is -2.33. The van der Waals surface area contributed by atoms with Crippen LogP contribution in [0.1, 0.15) is 49.7 Å². The molecule has 1 aliphatic heterocycles. The predicted molar refractivity (Wildman–Crippen MR) is 81.6 cm³/mol. The summed E-state index contributed by atoms with van der Waals surface area (Å²) in [5.74, 6) is 0. The zero-order chi connectivity index (χ0) is 13.1. The molecule has 0 amide bonds. The Hall–Kier alpha value is -1.02. The summed E-state index contributed by atoms with van der Waals surface area (Å²) in [4.78, 5) is 2.59. The summed E-state index contributed by atoms with van der Waals surface area (Å²) in [7, 11) is 2.31. The zero-order valence-corrected chi connectivity index (χ0v) is 12.1. The van der Waals surface area contributed by atoms with Gasteiger partial charge in [-0.15, -0.1) is 0 Å². The van der Waals surface area contributed by atoms with Crippen LogP contribution in [0.3, 0.4) is 0 Å². The van der Waals surface area contributed by atoms with Crippen molar-refractivity contribution in [3.63, 3.8) is 0 Å². The molecule has 0 radical (unpaired) electrons. The molecular weight excluding hydrogens is 232 g/mol. The minimum atomic E-state index is 0.807. The molecule has 104 valence electrons. The monoisotopic (exact) mass is 258 g/mol. The summed E-state index contributed by atoms with van der Waals surface area (Å²) in [6.45, 7) is 2.25. The Morgan fingerprint density at radius 3 is 2.84 bits per heavy atom. The molecule has 0 spiro atoms. The summed E-state index contributed by atoms with van der Waals surface area (Å²) in [6, 6.07) is 7.58. The van der Waals surface area contributed by atoms with Crippen molar-refractivity contribution >= 4 is 5.69 Å². The minimum Gasteiger partial charge on any atom is -0.385 e. The van der Waals surface area contributed by atoms with Crippen molar-refractivity contribution in [1.29, 1.82) is 0 Å². The Morgan fingerprint density at radius 1 is 1.16 bits per heavy atom. The standard InChI is InChI=1S/C17H26N2/c1-19(15-8-3-2-4-9-15)13-14-7-5-11-17-16(14)10-6-12-18-17/h5,7,11,15,18H,2-4,6,8-10,12-13H2,1H3. The fraction of sp³-hybridized carbons (Fsp3) is 0.647. The van der Waals surface area contributed by atoms with E-state index < -0.39 is 0 Å². The molecule has 2 aliphatic rings. The van der Waals surface area contributed by atoms with Crippen molar-refractivity contribution in [1.82, 2.24) is 4.90 Å². The van der Waals surface area contributed by atoms with Gasteiger partial charge in [-0.1, -0.05) is 31.4 Å². The van der Waals surface area contributed by atoms with Crippen LogP contribution in [0.5, 0.6) is 0 Å². The second-order valence-electron chi connectivity index (χ2n) is 6.18. The molecule has 1 saturated carbocycles. The normalized spacial score (nSPS) is 20.1. The van der Waals surface area contributed by atoms with Gasteiger partial charge in [0.05, 0.1) is 0 Å². The van der Waals surface area contributed by atoms with E-state index in [-0.39, 0.29) is 0 Å². The maximum atomic E-state index is 3.54. The first-order valence-corrected chi connectivity index (χ1v) is 7.89. The summed E-state index contributed by atoms with van der Waals surface area (Å²) < 4.78 is 0. The van der Waals surface area contributed by atoms with Crippen molar-refractivity contribution < 1.29 is 0 Å². The van der Waals surface area contributed by atoms with Crippen molar-refractivity contribution in [3.05, 3.63) is 29.3 Å². The molecule has 1 aromatic rings. The molecule has 19 heavy (non-hydrogen) atoms. The van der Waals surface area contributed by atoms with Crippen molar-refractivity contribution in [2.24, 2.45) is 0 Å². The first-order valence-electron chi connectivity index (χ1n) is 7.89. The number of rotatable bonds is 3. The largest absolute Gasteiger partial charge is 0.385 e. The highest BCUT2D eigenvalue weighted by atomic mass is 15.1. The zero-order valence-electron chi connectivity index (χ0n) is 12.1. The Balaban J connectivity index is 1.72. The van der Waals surface area contributed by atoms with Crippen LogP contribution >= 0.6 is 0 Å². The Morgan fingerprint density at radius 2 is 2.00 bits per heavy atom. The molecule has 1 aromatic carbocycles. The Kier molecular flexibility index (Phi) is 4.07. The predicted octanol–water partition coefficient (Wildman–Crippen LogP) is 3.81. The van der Waals surface area contributed by atoms with Crippen LogP contribution in [0.2, 0.25) is 0 Å². The average Bonchev–Trinajstić information content (AvgIpc) is 2.48. The van der Waals surface area contributed by atoms with Gasteiger partial charge in [0.2, 0.25) is 0 Å². The number of hydrogen-bond donors (Lipinski definition) is 1. The molecule has 3 rings (SSSR count). The molecule has 1 fully saturated rings. The highest BCUT2D eigenvalue weighted by Gasteiger charge is 2.20. The van der Waals surface area contributed by atoms with Crippen LogP contribution in [0.15, 0.2) is 18.2 Å². The third-order valence-electron chi connectivity index (χ3n) is 4.81. The molecule has 0 aromatic heterocycles. The number of nitrogens with zero attached hydrogens (tertiary/aromatic N) is 1. The van der Waals surface area contributed by atoms with Gasteiger partial charge in [-0.3, -0.25) is 4.90 Å². The molecule has 0 unspecified atom stereocenters. The first-order chi connectivity index (χ1) is 9.34. The molecule has 0 bridgehead atoms. The maximum absolute atomic E-state index is 3.54. The Labute approximate surface area is 117 Å². The van der Waals surface area contributed by atoms with E-state index in [4.69, 9.17) is 0 Å².